The second kappa shape index (κ2) is 3.09. The second-order valence-corrected chi connectivity index (χ2v) is 3.88. The monoisotopic (exact) mass is 214 g/mol. The molecule has 2 rings (SSSR count). The highest BCUT2D eigenvalue weighted by atomic mass is 79.9. The van der Waals surface area contributed by atoms with E-state index in [1.165, 1.54) is 10.9 Å². The smallest absolute Gasteiger partial charge is 0.0459 e. The van der Waals surface area contributed by atoms with Crippen molar-refractivity contribution < 1.29 is 0 Å². The summed E-state index contributed by atoms with van der Waals surface area (Å²) >= 11 is 3.48. The minimum Gasteiger partial charge on any atom is -0.257 e. The number of halogens is 1. The first-order chi connectivity index (χ1) is 5.36. The maximum atomic E-state index is 3.48. The van der Waals surface area contributed by atoms with Crippen LogP contribution in [0.25, 0.3) is 0 Å². The Morgan fingerprint density at radius 1 is 1.55 bits per heavy atom. The van der Waals surface area contributed by atoms with Crippen LogP contribution in [-0.2, 0) is 0 Å². The number of fused-ring (bicyclic) bond motifs is 1. The highest BCUT2D eigenvalue weighted by Crippen LogP contribution is 2.24. The second-order valence-electron chi connectivity index (χ2n) is 2.96. The lowest BCUT2D eigenvalue weighted by Crippen LogP contribution is -2.50. The molecule has 0 bridgehead atoms. The van der Waals surface area contributed by atoms with Crippen LogP contribution in [0.3, 0.4) is 0 Å². The van der Waals surface area contributed by atoms with Crippen LogP contribution in [0.4, 0.5) is 0 Å². The van der Waals surface area contributed by atoms with E-state index in [2.05, 4.69) is 45.0 Å². The van der Waals surface area contributed by atoms with E-state index in [9.17, 15) is 0 Å². The van der Waals surface area contributed by atoms with Gasteiger partial charge in [-0.25, -0.2) is 0 Å². The standard InChI is InChI=1S/C8H11BrN2/c9-7-1-2-8-6(5-7)3-4-10-11-8/h1-2,5-6,8,10-11H,3-4H2. The number of hydrogen-bond acceptors (Lipinski definition) is 2. The molecular formula is C8H11BrN2. The summed E-state index contributed by atoms with van der Waals surface area (Å²) in [6.07, 6.45) is 7.79. The van der Waals surface area contributed by atoms with Crippen LogP contribution in [-0.4, -0.2) is 12.6 Å². The van der Waals surface area contributed by atoms with Gasteiger partial charge in [-0.3, -0.25) is 10.9 Å². The van der Waals surface area contributed by atoms with E-state index in [0.29, 0.717) is 12.0 Å². The van der Waals surface area contributed by atoms with Gasteiger partial charge in [0.25, 0.3) is 0 Å². The molecule has 2 atom stereocenters. The molecule has 0 amide bonds. The highest BCUT2D eigenvalue weighted by molar-refractivity contribution is 9.11. The van der Waals surface area contributed by atoms with Crippen molar-refractivity contribution in [2.45, 2.75) is 12.5 Å². The molecule has 2 nitrogen and oxygen atoms in total. The molecule has 2 aliphatic rings. The summed E-state index contributed by atoms with van der Waals surface area (Å²) in [4.78, 5) is 0. The summed E-state index contributed by atoms with van der Waals surface area (Å²) in [6.45, 7) is 1.06. The number of allylic oxidation sites excluding steroid dienone is 2. The fourth-order valence-electron chi connectivity index (χ4n) is 1.55. The lowest BCUT2D eigenvalue weighted by Gasteiger charge is -2.31. The van der Waals surface area contributed by atoms with Gasteiger partial charge < -0.3 is 0 Å². The van der Waals surface area contributed by atoms with E-state index in [-0.39, 0.29) is 0 Å². The van der Waals surface area contributed by atoms with Crippen LogP contribution in [0.2, 0.25) is 0 Å². The van der Waals surface area contributed by atoms with Gasteiger partial charge in [0.1, 0.15) is 0 Å². The molecule has 1 fully saturated rings. The first-order valence-corrected chi connectivity index (χ1v) is 4.69. The SMILES string of the molecule is BrC1=CC2CCNNC2C=C1. The molecule has 0 aromatic carbocycles. The minimum absolute atomic E-state index is 0.491. The van der Waals surface area contributed by atoms with Crippen molar-refractivity contribution in [3.63, 3.8) is 0 Å². The Hall–Kier alpha value is -0.120. The summed E-state index contributed by atoms with van der Waals surface area (Å²) in [5, 5.41) is 0. The maximum absolute atomic E-state index is 3.48. The summed E-state index contributed by atoms with van der Waals surface area (Å²) in [5.74, 6) is 0.663. The molecule has 0 radical (unpaired) electrons. The third-order valence-corrected chi connectivity index (χ3v) is 2.70. The van der Waals surface area contributed by atoms with E-state index >= 15 is 0 Å². The molecule has 3 heteroatoms. The van der Waals surface area contributed by atoms with E-state index < -0.39 is 0 Å². The van der Waals surface area contributed by atoms with Gasteiger partial charge in [-0.2, -0.15) is 0 Å². The van der Waals surface area contributed by atoms with Crippen LogP contribution in [0.5, 0.6) is 0 Å². The topological polar surface area (TPSA) is 24.1 Å². The van der Waals surface area contributed by atoms with E-state index in [1.54, 1.807) is 0 Å². The van der Waals surface area contributed by atoms with E-state index in [0.717, 1.165) is 6.54 Å². The first kappa shape index (κ1) is 7.53. The average molecular weight is 215 g/mol. The fraction of sp³-hybridized carbons (Fsp3) is 0.500. The number of nitrogens with one attached hydrogen (secondary N) is 2. The van der Waals surface area contributed by atoms with Gasteiger partial charge in [0, 0.05) is 17.1 Å². The van der Waals surface area contributed by atoms with Crippen LogP contribution in [0.1, 0.15) is 6.42 Å². The third-order valence-electron chi connectivity index (χ3n) is 2.17. The molecule has 1 aliphatic carbocycles. The van der Waals surface area contributed by atoms with Crippen molar-refractivity contribution in [1.82, 2.24) is 10.9 Å². The molecule has 1 saturated heterocycles. The number of hydrogen-bond donors (Lipinski definition) is 2. The van der Waals surface area contributed by atoms with Gasteiger partial charge in [-0.15, -0.1) is 0 Å². The van der Waals surface area contributed by atoms with Gasteiger partial charge in [-0.05, 0) is 12.3 Å². The van der Waals surface area contributed by atoms with Crippen molar-refractivity contribution in [3.05, 3.63) is 22.7 Å². The minimum atomic E-state index is 0.491. The van der Waals surface area contributed by atoms with Crippen molar-refractivity contribution in [2.75, 3.05) is 6.54 Å². The Bertz CT molecular complexity index is 210. The number of rotatable bonds is 0. The van der Waals surface area contributed by atoms with Gasteiger partial charge in [0.15, 0.2) is 0 Å². The Morgan fingerprint density at radius 3 is 3.36 bits per heavy atom. The first-order valence-electron chi connectivity index (χ1n) is 3.90. The van der Waals surface area contributed by atoms with Crippen molar-refractivity contribution >= 4 is 15.9 Å². The molecule has 2 N–H and O–H groups in total. The molecule has 1 heterocycles. The molecule has 60 valence electrons. The number of hydrazine groups is 1. The van der Waals surface area contributed by atoms with Crippen LogP contribution >= 0.6 is 15.9 Å². The predicted molar refractivity (Wildman–Crippen MR) is 49.2 cm³/mol. The predicted octanol–water partition coefficient (Wildman–Crippen LogP) is 1.32. The summed E-state index contributed by atoms with van der Waals surface area (Å²) < 4.78 is 1.21. The molecule has 0 aromatic rings. The zero-order valence-corrected chi connectivity index (χ0v) is 7.76. The van der Waals surface area contributed by atoms with E-state index in [1.807, 2.05) is 0 Å². The van der Waals surface area contributed by atoms with Crippen LogP contribution in [0, 0.1) is 5.92 Å². The summed E-state index contributed by atoms with van der Waals surface area (Å²) in [5.41, 5.74) is 6.39. The average Bonchev–Trinajstić information content (AvgIpc) is 2.04. The molecule has 1 aliphatic heterocycles. The van der Waals surface area contributed by atoms with Crippen LogP contribution < -0.4 is 10.9 Å². The normalized spacial score (nSPS) is 36.3. The molecule has 0 saturated carbocycles. The molecular weight excluding hydrogens is 204 g/mol. The summed E-state index contributed by atoms with van der Waals surface area (Å²) in [7, 11) is 0. The lowest BCUT2D eigenvalue weighted by molar-refractivity contribution is 0.322. The molecule has 11 heavy (non-hydrogen) atoms. The summed E-state index contributed by atoms with van der Waals surface area (Å²) in [6, 6.07) is 0.491. The maximum Gasteiger partial charge on any atom is 0.0459 e. The Morgan fingerprint density at radius 2 is 2.45 bits per heavy atom. The van der Waals surface area contributed by atoms with Gasteiger partial charge >= 0.3 is 0 Å². The lowest BCUT2D eigenvalue weighted by atomic mass is 9.91. The van der Waals surface area contributed by atoms with Gasteiger partial charge in [0.2, 0.25) is 0 Å². The van der Waals surface area contributed by atoms with Gasteiger partial charge in [0.05, 0.1) is 0 Å². The molecule has 2 unspecified atom stereocenters. The zero-order valence-electron chi connectivity index (χ0n) is 6.18. The van der Waals surface area contributed by atoms with Crippen LogP contribution in [0.15, 0.2) is 22.7 Å². The van der Waals surface area contributed by atoms with Crippen molar-refractivity contribution in [2.24, 2.45) is 5.92 Å². The van der Waals surface area contributed by atoms with Crippen molar-refractivity contribution in [3.8, 4) is 0 Å². The van der Waals surface area contributed by atoms with Gasteiger partial charge in [-0.1, -0.05) is 34.2 Å². The Balaban J connectivity index is 2.13. The Kier molecular flexibility index (Phi) is 2.11. The fourth-order valence-corrected chi connectivity index (χ4v) is 2.04. The quantitative estimate of drug-likeness (QED) is 0.636. The van der Waals surface area contributed by atoms with Crippen molar-refractivity contribution in [1.29, 1.82) is 0 Å². The molecule has 0 spiro atoms. The zero-order chi connectivity index (χ0) is 7.68. The largest absolute Gasteiger partial charge is 0.257 e. The highest BCUT2D eigenvalue weighted by Gasteiger charge is 2.22. The Labute approximate surface area is 74.8 Å². The third kappa shape index (κ3) is 1.55. The van der Waals surface area contributed by atoms with E-state index in [4.69, 9.17) is 0 Å². The molecule has 0 aromatic heterocycles.